The summed E-state index contributed by atoms with van der Waals surface area (Å²) in [6.45, 7) is 32.9. The van der Waals surface area contributed by atoms with Crippen LogP contribution in [0.1, 0.15) is 179 Å². The zero-order chi connectivity index (χ0) is 102. The number of hydrogen-bond donors (Lipinski definition) is 12. The van der Waals surface area contributed by atoms with Crippen LogP contribution in [-0.4, -0.2) is 227 Å². The Morgan fingerprint density at radius 2 is 0.362 bits per heavy atom. The number of anilines is 6. The number of amides is 12. The number of nitrogens with zero attached hydrogens (tertiary/aromatic N) is 10. The van der Waals surface area contributed by atoms with Gasteiger partial charge in [0.25, 0.3) is 34.1 Å². The SMILES string of the molecule is CCCC[N+](CCCC)(CCCC)CCCC.CCCC[N+](CCCC)(CCCC)CCCC.O=C(NCCN(CCNC(=O)Nc1ccc([N+](=O)[O-])cc1)CCNC(=O)Nc1ccc([N+](=O)[O-])cc1)Nc1ccc([N+](=O)[O-])cc1.O=C(NCCN(CCNC(=O)Nc1ccc([N+](=O)[O-])cc1)CCNC(=O)Nc1ccc([N+](=O)[O-])cc1)Nc1ccc([N+](=O)[O-])cc1.O=C([O-])c1ccc(C(=O)[O-])cc1. The third kappa shape index (κ3) is 50.1. The van der Waals surface area contributed by atoms with Gasteiger partial charge in [-0.2, -0.15) is 0 Å². The van der Waals surface area contributed by atoms with Crippen LogP contribution < -0.4 is 74.0 Å². The number of carboxylic acid groups (broad SMARTS) is 2. The summed E-state index contributed by atoms with van der Waals surface area (Å²) in [6, 6.07) is 33.1. The maximum Gasteiger partial charge on any atom is 0.319 e. The molecule has 12 amide bonds. The van der Waals surface area contributed by atoms with Gasteiger partial charge in [-0.25, -0.2) is 28.8 Å². The monoisotopic (exact) mass is 1930 g/mol. The number of nitro benzene ring substituents is 6. The van der Waals surface area contributed by atoms with Crippen molar-refractivity contribution in [2.75, 3.05) is 163 Å². The molecule has 7 aromatic carbocycles. The molecule has 44 nitrogen and oxygen atoms in total. The summed E-state index contributed by atoms with van der Waals surface area (Å²) < 4.78 is 2.84. The number of carboxylic acids is 2. The summed E-state index contributed by atoms with van der Waals surface area (Å²) in [5.41, 5.74) is 1.29. The van der Waals surface area contributed by atoms with E-state index < -0.39 is 77.7 Å². The second-order valence-electron chi connectivity index (χ2n) is 32.2. The molecule has 0 radical (unpaired) electrons. The Bertz CT molecular complexity index is 4110. The van der Waals surface area contributed by atoms with Crippen LogP contribution in [0.5, 0.6) is 0 Å². The van der Waals surface area contributed by atoms with Crippen molar-refractivity contribution in [3.8, 4) is 0 Å². The molecule has 0 atom stereocenters. The summed E-state index contributed by atoms with van der Waals surface area (Å²) in [7, 11) is 0. The summed E-state index contributed by atoms with van der Waals surface area (Å²) in [5.74, 6) is -2.67. The smallest absolute Gasteiger partial charge is 0.319 e. The normalized spacial score (nSPS) is 10.7. The highest BCUT2D eigenvalue weighted by Crippen LogP contribution is 2.24. The molecule has 7 rings (SSSR count). The molecule has 0 aromatic heterocycles. The van der Waals surface area contributed by atoms with Gasteiger partial charge in [-0.05, 0) is 135 Å². The number of hydrogen-bond acceptors (Lipinski definition) is 24. The Labute approximate surface area is 804 Å². The van der Waals surface area contributed by atoms with Crippen molar-refractivity contribution in [1.82, 2.24) is 41.7 Å². The number of urea groups is 6. The van der Waals surface area contributed by atoms with Gasteiger partial charge < -0.3 is 92.6 Å². The van der Waals surface area contributed by atoms with Crippen molar-refractivity contribution >= 4 is 116 Å². The number of unbranched alkanes of at least 4 members (excludes halogenated alkanes) is 8. The van der Waals surface area contributed by atoms with Crippen molar-refractivity contribution in [1.29, 1.82) is 0 Å². The molecule has 0 aliphatic rings. The Morgan fingerprint density at radius 1 is 0.232 bits per heavy atom. The van der Waals surface area contributed by atoms with E-state index in [-0.39, 0.29) is 84.5 Å². The molecule has 754 valence electrons. The molecule has 44 heteroatoms. The third-order valence-corrected chi connectivity index (χ3v) is 21.5. The van der Waals surface area contributed by atoms with Gasteiger partial charge in [0.15, 0.2) is 0 Å². The number of aromatic carboxylic acids is 2. The second-order valence-corrected chi connectivity index (χ2v) is 32.2. The maximum absolute atomic E-state index is 12.3. The van der Waals surface area contributed by atoms with Crippen LogP contribution in [0.2, 0.25) is 0 Å². The molecule has 0 saturated carbocycles. The zero-order valence-corrected chi connectivity index (χ0v) is 80.1. The lowest BCUT2D eigenvalue weighted by molar-refractivity contribution is -0.929. The predicted octanol–water partition coefficient (Wildman–Crippen LogP) is 15.4. The number of non-ortho nitro benzene ring substituents is 6. The zero-order valence-electron chi connectivity index (χ0n) is 80.1. The van der Waals surface area contributed by atoms with E-state index in [9.17, 15) is 109 Å². The maximum atomic E-state index is 12.3. The quantitative estimate of drug-likeness (QED) is 0.00957. The molecule has 0 fully saturated rings. The Kier molecular flexibility index (Phi) is 57.5. The van der Waals surface area contributed by atoms with E-state index in [0.717, 1.165) is 24.3 Å². The molecule has 0 heterocycles. The number of benzene rings is 7. The summed E-state index contributed by atoms with van der Waals surface area (Å²) >= 11 is 0. The first-order valence-corrected chi connectivity index (χ1v) is 46.5. The third-order valence-electron chi connectivity index (χ3n) is 21.5. The van der Waals surface area contributed by atoms with E-state index in [1.54, 1.807) is 0 Å². The lowest BCUT2D eigenvalue weighted by Gasteiger charge is -2.39. The molecule has 138 heavy (non-hydrogen) atoms. The number of nitro groups is 6. The van der Waals surface area contributed by atoms with Gasteiger partial charge in [0.1, 0.15) is 0 Å². The summed E-state index contributed by atoms with van der Waals surface area (Å²) in [4.78, 5) is 159. The largest absolute Gasteiger partial charge is 0.545 e. The number of carbonyl (C=O) groups is 8. The van der Waals surface area contributed by atoms with Gasteiger partial charge in [0.2, 0.25) is 0 Å². The van der Waals surface area contributed by atoms with Crippen molar-refractivity contribution in [3.05, 3.63) is 242 Å². The molecule has 0 spiro atoms. The van der Waals surface area contributed by atoms with Crippen LogP contribution in [-0.2, 0) is 0 Å². The van der Waals surface area contributed by atoms with Gasteiger partial charge in [0.05, 0.1) is 93.8 Å². The molecule has 0 saturated heterocycles. The standard InChI is InChI=1S/2C27H30N10O9.2C16H36N.C8H6O4/c2*38-25(31-19-1-7-22(8-2-19)35(41)42)28-13-16-34(17-14-29-26(39)32-20-3-9-23(10-4-20)36(43)44)18-15-30-27(40)33-21-5-11-24(12-6-21)37(45)46;2*1-5-9-13-17(14-10-6-2,15-11-7-3)16-12-8-4;9-7(10)5-1-2-6(4-3-5)8(11)12/h2*1-12H,13-18H2,(H2,28,31,38)(H2,29,32,39)(H2,30,33,40);2*5-16H2,1-4H3;1-4H,(H,9,10)(H,11,12)/q;;2*+1;/p-2. The number of rotatable bonds is 56. The highest BCUT2D eigenvalue weighted by molar-refractivity contribution is 5.93. The lowest BCUT2D eigenvalue weighted by atomic mass is 10.1. The molecular weight excluding hydrogens is 1790 g/mol. The van der Waals surface area contributed by atoms with Crippen LogP contribution in [0.15, 0.2) is 170 Å². The number of nitrogens with one attached hydrogen (secondary N) is 12. The fourth-order valence-electron chi connectivity index (χ4n) is 13.7. The van der Waals surface area contributed by atoms with Crippen molar-refractivity contribution in [3.63, 3.8) is 0 Å². The van der Waals surface area contributed by atoms with Crippen LogP contribution in [0, 0.1) is 60.7 Å². The van der Waals surface area contributed by atoms with Gasteiger partial charge in [-0.15, -0.1) is 0 Å². The van der Waals surface area contributed by atoms with Crippen molar-refractivity contribution in [2.24, 2.45) is 0 Å². The first-order chi connectivity index (χ1) is 66.1. The highest BCUT2D eigenvalue weighted by atomic mass is 16.6. The Hall–Kier alpha value is -14.7. The molecule has 0 bridgehead atoms. The van der Waals surface area contributed by atoms with Crippen LogP contribution in [0.3, 0.4) is 0 Å². The minimum atomic E-state index is -1.33. The van der Waals surface area contributed by atoms with Gasteiger partial charge in [0, 0.05) is 185 Å². The Balaban J connectivity index is 0.000000491. The number of quaternary nitrogens is 2. The fourth-order valence-corrected chi connectivity index (χ4v) is 13.7. The minimum Gasteiger partial charge on any atom is -0.545 e. The van der Waals surface area contributed by atoms with E-state index >= 15 is 0 Å². The second kappa shape index (κ2) is 67.5. The van der Waals surface area contributed by atoms with E-state index in [1.165, 1.54) is 310 Å². The van der Waals surface area contributed by atoms with Crippen LogP contribution in [0.25, 0.3) is 0 Å². The van der Waals surface area contributed by atoms with Crippen LogP contribution >= 0.6 is 0 Å². The highest BCUT2D eigenvalue weighted by Gasteiger charge is 2.27. The predicted molar refractivity (Wildman–Crippen MR) is 527 cm³/mol. The van der Waals surface area contributed by atoms with Crippen molar-refractivity contribution in [2.45, 2.75) is 158 Å². The molecule has 0 aliphatic heterocycles. The first-order valence-electron chi connectivity index (χ1n) is 46.5. The summed E-state index contributed by atoms with van der Waals surface area (Å²) in [6.07, 6.45) is 22.1. The molecule has 12 N–H and O–H groups in total. The van der Waals surface area contributed by atoms with E-state index in [0.29, 0.717) is 73.4 Å². The van der Waals surface area contributed by atoms with E-state index in [2.05, 4.69) is 119 Å². The van der Waals surface area contributed by atoms with Gasteiger partial charge in [-0.3, -0.25) is 70.5 Å². The molecule has 7 aromatic rings. The van der Waals surface area contributed by atoms with E-state index in [1.807, 2.05) is 9.80 Å². The van der Waals surface area contributed by atoms with Gasteiger partial charge >= 0.3 is 36.2 Å². The van der Waals surface area contributed by atoms with Crippen LogP contribution in [0.4, 0.5) is 97.0 Å². The lowest BCUT2D eigenvalue weighted by Crippen LogP contribution is -2.50. The topological polar surface area (TPSA) is 592 Å². The number of carbonyl (C=O) groups excluding carboxylic acids is 8. The van der Waals surface area contributed by atoms with E-state index in [4.69, 9.17) is 0 Å². The first kappa shape index (κ1) is 118. The average Bonchev–Trinajstić information content (AvgIpc) is 0.849. The molecular formula is C94H136N22O22. The molecule has 0 unspecified atom stereocenters. The summed E-state index contributed by atoms with van der Waals surface area (Å²) in [5, 5.41) is 117. The van der Waals surface area contributed by atoms with Gasteiger partial charge in [-0.1, -0.05) is 131 Å². The molecule has 0 aliphatic carbocycles. The fraction of sp³-hybridized carbons (Fsp3) is 0.468. The minimum absolute atomic E-state index is 0.0556. The average molecular weight is 1930 g/mol. The Morgan fingerprint density at radius 3 is 0.471 bits per heavy atom. The van der Waals surface area contributed by atoms with Crippen molar-refractivity contribution < 1.29 is 87.1 Å².